The van der Waals surface area contributed by atoms with Crippen LogP contribution in [-0.2, 0) is 19.9 Å². The van der Waals surface area contributed by atoms with E-state index < -0.39 is 17.3 Å². The molecule has 2 aromatic heterocycles. The lowest BCUT2D eigenvalue weighted by Gasteiger charge is -2.36. The molecule has 0 radical (unpaired) electrons. The number of nitrogens with two attached hydrogens (primary N) is 1. The standard InChI is InChI=1S/C29H39N3O5S/c1-6-7-14-36-25(33)18-8-10-19(11-9-18)29(5,35)26-31-16-24(38-26)22-17-32(27(34)37-28(2,3)4)23-13-12-20(30)15-21(22)23/h12-13,15-19,35H,6-11,14,30H2,1-5H3/t18-,19-,29-/m1/s1. The molecule has 0 unspecified atom stereocenters. The molecule has 3 N–H and O–H groups in total. The first kappa shape index (κ1) is 28.1. The Bertz CT molecular complexity index is 1300. The van der Waals surface area contributed by atoms with E-state index in [1.165, 1.54) is 15.9 Å². The van der Waals surface area contributed by atoms with E-state index in [1.807, 2.05) is 39.8 Å². The second kappa shape index (κ2) is 11.1. The summed E-state index contributed by atoms with van der Waals surface area (Å²) >= 11 is 1.41. The van der Waals surface area contributed by atoms with Crippen molar-refractivity contribution in [3.63, 3.8) is 0 Å². The van der Waals surface area contributed by atoms with Gasteiger partial charge in [0.1, 0.15) is 16.2 Å². The van der Waals surface area contributed by atoms with E-state index in [1.54, 1.807) is 18.5 Å². The lowest BCUT2D eigenvalue weighted by atomic mass is 9.74. The minimum Gasteiger partial charge on any atom is -0.465 e. The van der Waals surface area contributed by atoms with Gasteiger partial charge >= 0.3 is 12.1 Å². The van der Waals surface area contributed by atoms with Crippen molar-refractivity contribution in [2.75, 3.05) is 12.3 Å². The van der Waals surface area contributed by atoms with E-state index in [2.05, 4.69) is 11.9 Å². The fraction of sp³-hybridized carbons (Fsp3) is 0.552. The van der Waals surface area contributed by atoms with Gasteiger partial charge in [0.05, 0.1) is 22.9 Å². The van der Waals surface area contributed by atoms with Gasteiger partial charge in [-0.25, -0.2) is 9.78 Å². The molecular weight excluding hydrogens is 502 g/mol. The summed E-state index contributed by atoms with van der Waals surface area (Å²) in [5.74, 6) is -0.233. The molecule has 8 nitrogen and oxygen atoms in total. The lowest BCUT2D eigenvalue weighted by Crippen LogP contribution is -2.36. The van der Waals surface area contributed by atoms with Crippen molar-refractivity contribution in [1.29, 1.82) is 0 Å². The van der Waals surface area contributed by atoms with Crippen LogP contribution in [0.2, 0.25) is 0 Å². The number of unbranched alkanes of at least 4 members (excludes halogenated alkanes) is 1. The normalized spacial score (nSPS) is 19.7. The number of esters is 1. The predicted molar refractivity (Wildman–Crippen MR) is 150 cm³/mol. The summed E-state index contributed by atoms with van der Waals surface area (Å²) in [4.78, 5) is 30.8. The smallest absolute Gasteiger partial charge is 0.419 e. The average Bonchev–Trinajstić information content (AvgIpc) is 3.48. The number of hydrogen-bond acceptors (Lipinski definition) is 8. The molecule has 3 aromatic rings. The molecule has 2 heterocycles. The quantitative estimate of drug-likeness (QED) is 0.199. The fourth-order valence-electron chi connectivity index (χ4n) is 5.04. The lowest BCUT2D eigenvalue weighted by molar-refractivity contribution is -0.151. The molecule has 1 aliphatic rings. The van der Waals surface area contributed by atoms with Crippen molar-refractivity contribution in [1.82, 2.24) is 9.55 Å². The van der Waals surface area contributed by atoms with Gasteiger partial charge in [-0.05, 0) is 83.9 Å². The van der Waals surface area contributed by atoms with Crippen LogP contribution in [0.1, 0.15) is 78.2 Å². The zero-order valence-electron chi connectivity index (χ0n) is 23.0. The van der Waals surface area contributed by atoms with E-state index in [0.29, 0.717) is 35.7 Å². The molecule has 206 valence electrons. The summed E-state index contributed by atoms with van der Waals surface area (Å²) in [6, 6.07) is 5.40. The van der Waals surface area contributed by atoms with Crippen LogP contribution >= 0.6 is 11.3 Å². The Morgan fingerprint density at radius 3 is 2.55 bits per heavy atom. The molecule has 1 aliphatic carbocycles. The van der Waals surface area contributed by atoms with Crippen LogP contribution < -0.4 is 5.73 Å². The number of carbonyl (C=O) groups excluding carboxylic acids is 2. The Kier molecular flexibility index (Phi) is 8.18. The topological polar surface area (TPSA) is 117 Å². The Balaban J connectivity index is 1.55. The fourth-order valence-corrected chi connectivity index (χ4v) is 6.10. The molecular formula is C29H39N3O5S. The van der Waals surface area contributed by atoms with Crippen molar-refractivity contribution >= 4 is 40.0 Å². The van der Waals surface area contributed by atoms with Crippen molar-refractivity contribution in [3.8, 4) is 10.4 Å². The van der Waals surface area contributed by atoms with Crippen molar-refractivity contribution in [2.45, 2.75) is 84.3 Å². The van der Waals surface area contributed by atoms with Gasteiger partial charge in [-0.1, -0.05) is 13.3 Å². The van der Waals surface area contributed by atoms with Gasteiger partial charge in [-0.3, -0.25) is 9.36 Å². The van der Waals surface area contributed by atoms with Gasteiger partial charge in [0.15, 0.2) is 0 Å². The molecule has 0 aliphatic heterocycles. The number of aromatic nitrogens is 2. The maximum absolute atomic E-state index is 12.9. The summed E-state index contributed by atoms with van der Waals surface area (Å²) in [5.41, 5.74) is 6.39. The predicted octanol–water partition coefficient (Wildman–Crippen LogP) is 6.49. The second-order valence-electron chi connectivity index (χ2n) is 11.4. The summed E-state index contributed by atoms with van der Waals surface area (Å²) in [6.45, 7) is 9.84. The van der Waals surface area contributed by atoms with E-state index in [9.17, 15) is 14.7 Å². The van der Waals surface area contributed by atoms with E-state index in [0.717, 1.165) is 41.5 Å². The number of rotatable bonds is 7. The van der Waals surface area contributed by atoms with Crippen LogP contribution in [0.5, 0.6) is 0 Å². The zero-order valence-corrected chi connectivity index (χ0v) is 23.8. The number of nitrogen functional groups attached to an aromatic ring is 1. The molecule has 0 amide bonds. The molecule has 0 bridgehead atoms. The van der Waals surface area contributed by atoms with Crippen molar-refractivity contribution < 1.29 is 24.2 Å². The molecule has 9 heteroatoms. The van der Waals surface area contributed by atoms with Gasteiger partial charge in [0.25, 0.3) is 0 Å². The highest BCUT2D eigenvalue weighted by Gasteiger charge is 2.40. The summed E-state index contributed by atoms with van der Waals surface area (Å²) in [7, 11) is 0. The minimum absolute atomic E-state index is 0.0139. The third-order valence-corrected chi connectivity index (χ3v) is 8.48. The number of benzene rings is 1. The van der Waals surface area contributed by atoms with Gasteiger partial charge in [-0.15, -0.1) is 11.3 Å². The van der Waals surface area contributed by atoms with Gasteiger partial charge in [0.2, 0.25) is 0 Å². The number of nitrogens with zero attached hydrogens (tertiary/aromatic N) is 2. The highest BCUT2D eigenvalue weighted by atomic mass is 32.1. The largest absolute Gasteiger partial charge is 0.465 e. The van der Waals surface area contributed by atoms with Crippen LogP contribution in [0.3, 0.4) is 0 Å². The van der Waals surface area contributed by atoms with E-state index in [4.69, 9.17) is 15.2 Å². The third kappa shape index (κ3) is 6.04. The zero-order chi connectivity index (χ0) is 27.7. The third-order valence-electron chi connectivity index (χ3n) is 7.22. The Hall–Kier alpha value is -2.91. The van der Waals surface area contributed by atoms with Crippen molar-refractivity contribution in [3.05, 3.63) is 35.6 Å². The molecule has 1 aromatic carbocycles. The van der Waals surface area contributed by atoms with E-state index >= 15 is 0 Å². The first-order valence-corrected chi connectivity index (χ1v) is 14.2. The van der Waals surface area contributed by atoms with Gasteiger partial charge in [0, 0.05) is 29.0 Å². The maximum Gasteiger partial charge on any atom is 0.419 e. The molecule has 1 fully saturated rings. The molecule has 1 atom stereocenters. The Morgan fingerprint density at radius 1 is 1.18 bits per heavy atom. The van der Waals surface area contributed by atoms with Crippen LogP contribution in [0.15, 0.2) is 30.6 Å². The molecule has 4 rings (SSSR count). The molecule has 0 spiro atoms. The highest BCUT2D eigenvalue weighted by molar-refractivity contribution is 7.15. The number of anilines is 1. The monoisotopic (exact) mass is 541 g/mol. The maximum atomic E-state index is 12.9. The Morgan fingerprint density at radius 2 is 1.89 bits per heavy atom. The number of aliphatic hydroxyl groups is 1. The van der Waals surface area contributed by atoms with Gasteiger partial charge < -0.3 is 20.3 Å². The molecule has 38 heavy (non-hydrogen) atoms. The average molecular weight is 542 g/mol. The van der Waals surface area contributed by atoms with Crippen LogP contribution in [-0.4, -0.2) is 38.9 Å². The SMILES string of the molecule is CCCCOC(=O)[C@H]1CC[C@H]([C@@](C)(O)c2ncc(-c3cn(C(=O)OC(C)(C)C)c4ccc(N)cc34)s2)CC1. The van der Waals surface area contributed by atoms with Crippen LogP contribution in [0.25, 0.3) is 21.3 Å². The first-order chi connectivity index (χ1) is 17.9. The highest BCUT2D eigenvalue weighted by Crippen LogP contribution is 2.44. The van der Waals surface area contributed by atoms with E-state index in [-0.39, 0.29) is 17.8 Å². The van der Waals surface area contributed by atoms with Gasteiger partial charge in [-0.2, -0.15) is 0 Å². The molecule has 0 saturated heterocycles. The summed E-state index contributed by atoms with van der Waals surface area (Å²) in [6.07, 6.45) is 7.74. The van der Waals surface area contributed by atoms with Crippen LogP contribution in [0, 0.1) is 11.8 Å². The number of hydrogen-bond donors (Lipinski definition) is 2. The Labute approximate surface area is 228 Å². The molecule has 1 saturated carbocycles. The van der Waals surface area contributed by atoms with Crippen molar-refractivity contribution in [2.24, 2.45) is 11.8 Å². The number of carbonyl (C=O) groups is 2. The summed E-state index contributed by atoms with van der Waals surface area (Å²) < 4.78 is 12.5. The number of ether oxygens (including phenoxy) is 2. The van der Waals surface area contributed by atoms with Crippen LogP contribution in [0.4, 0.5) is 10.5 Å². The second-order valence-corrected chi connectivity index (χ2v) is 12.4. The minimum atomic E-state index is -1.14. The number of fused-ring (bicyclic) bond motifs is 1. The first-order valence-electron chi connectivity index (χ1n) is 13.4. The summed E-state index contributed by atoms with van der Waals surface area (Å²) in [5, 5.41) is 13.0. The number of thiazole rings is 1.